The Labute approximate surface area is 378 Å². The van der Waals surface area contributed by atoms with E-state index in [0.717, 1.165) is 70.6 Å². The summed E-state index contributed by atoms with van der Waals surface area (Å²) in [6, 6.07) is 0. The van der Waals surface area contributed by atoms with Gasteiger partial charge in [-0.15, -0.1) is 0 Å². The van der Waals surface area contributed by atoms with Crippen LogP contribution in [0.1, 0.15) is 155 Å². The Morgan fingerprint density at radius 1 is 0.508 bits per heavy atom. The molecule has 0 aromatic heterocycles. The van der Waals surface area contributed by atoms with E-state index in [1.807, 2.05) is 18.2 Å². The van der Waals surface area contributed by atoms with Crippen molar-refractivity contribution >= 4 is 19.8 Å². The molecule has 1 aliphatic carbocycles. The van der Waals surface area contributed by atoms with Crippen LogP contribution >= 0.6 is 7.82 Å². The van der Waals surface area contributed by atoms with Crippen molar-refractivity contribution in [3.05, 3.63) is 85.1 Å². The number of carbonyl (C=O) groups is 2. The van der Waals surface area contributed by atoms with E-state index >= 15 is 0 Å². The Morgan fingerprint density at radius 2 is 0.937 bits per heavy atom. The number of esters is 2. The highest BCUT2D eigenvalue weighted by Crippen LogP contribution is 2.47. The van der Waals surface area contributed by atoms with Crippen LogP contribution in [0, 0.1) is 0 Å². The molecule has 0 radical (unpaired) electrons. The molecule has 1 saturated carbocycles. The molecule has 0 aromatic rings. The van der Waals surface area contributed by atoms with E-state index in [1.54, 1.807) is 0 Å². The number of phosphoric ester groups is 1. The molecule has 1 rings (SSSR count). The molecule has 1 aliphatic rings. The maximum atomic E-state index is 12.8. The van der Waals surface area contributed by atoms with Crippen LogP contribution in [0.5, 0.6) is 0 Å². The molecular weight excluding hydrogens is 828 g/mol. The third-order valence-corrected chi connectivity index (χ3v) is 11.2. The van der Waals surface area contributed by atoms with Crippen molar-refractivity contribution in [2.45, 2.75) is 198 Å². The number of phosphoric acid groups is 1. The Bertz CT molecular complexity index is 1420. The first-order chi connectivity index (χ1) is 30.4. The van der Waals surface area contributed by atoms with Gasteiger partial charge in [0.25, 0.3) is 0 Å². The molecule has 6 unspecified atom stereocenters. The molecule has 0 saturated heterocycles. The molecule has 13 nitrogen and oxygen atoms in total. The summed E-state index contributed by atoms with van der Waals surface area (Å²) in [5.41, 5.74) is 0. The Balaban J connectivity index is 2.53. The summed E-state index contributed by atoms with van der Waals surface area (Å²) in [6.07, 6.45) is 36.5. The predicted molar refractivity (Wildman–Crippen MR) is 248 cm³/mol. The number of hydrogen-bond donors (Lipinski definition) is 6. The van der Waals surface area contributed by atoms with Crippen LogP contribution in [-0.2, 0) is 32.7 Å². The lowest BCUT2D eigenvalue weighted by Gasteiger charge is -2.41. The average molecular weight is 909 g/mol. The fourth-order valence-electron chi connectivity index (χ4n) is 6.48. The van der Waals surface area contributed by atoms with Gasteiger partial charge >= 0.3 is 19.8 Å². The van der Waals surface area contributed by atoms with E-state index in [9.17, 15) is 44.6 Å². The summed E-state index contributed by atoms with van der Waals surface area (Å²) < 4.78 is 33.4. The first kappa shape index (κ1) is 58.0. The molecule has 0 heterocycles. The van der Waals surface area contributed by atoms with E-state index in [1.165, 1.54) is 38.5 Å². The third kappa shape index (κ3) is 30.7. The van der Waals surface area contributed by atoms with Gasteiger partial charge in [-0.2, -0.15) is 0 Å². The lowest BCUT2D eigenvalue weighted by atomic mass is 9.85. The summed E-state index contributed by atoms with van der Waals surface area (Å²) in [4.78, 5) is 35.7. The van der Waals surface area contributed by atoms with Crippen molar-refractivity contribution < 1.29 is 63.1 Å². The maximum absolute atomic E-state index is 12.8. The van der Waals surface area contributed by atoms with E-state index in [4.69, 9.17) is 18.5 Å². The normalized spacial score (nSPS) is 22.5. The molecule has 0 spiro atoms. The zero-order valence-electron chi connectivity index (χ0n) is 38.1. The third-order valence-electron chi connectivity index (χ3n) is 10.2. The van der Waals surface area contributed by atoms with E-state index in [2.05, 4.69) is 80.7 Å². The number of hydrogen-bond acceptors (Lipinski definition) is 12. The van der Waals surface area contributed by atoms with Gasteiger partial charge in [0.15, 0.2) is 6.10 Å². The monoisotopic (exact) mass is 909 g/mol. The topological polar surface area (TPSA) is 210 Å². The first-order valence-corrected chi connectivity index (χ1v) is 24.9. The van der Waals surface area contributed by atoms with Crippen LogP contribution < -0.4 is 0 Å². The molecule has 6 atom stereocenters. The second kappa shape index (κ2) is 38.3. The summed E-state index contributed by atoms with van der Waals surface area (Å²) in [5, 5.41) is 50.1. The Morgan fingerprint density at radius 3 is 1.44 bits per heavy atom. The minimum absolute atomic E-state index is 0.0343. The van der Waals surface area contributed by atoms with Gasteiger partial charge in [-0.05, 0) is 77.0 Å². The fraction of sp³-hybridized carbons (Fsp3) is 0.673. The minimum atomic E-state index is -5.15. The number of unbranched alkanes of at least 4 members (excludes halogenated alkanes) is 11. The van der Waals surface area contributed by atoms with Gasteiger partial charge < -0.3 is 39.9 Å². The zero-order valence-corrected chi connectivity index (χ0v) is 39.0. The van der Waals surface area contributed by atoms with Crippen molar-refractivity contribution in [3.63, 3.8) is 0 Å². The van der Waals surface area contributed by atoms with Gasteiger partial charge in [-0.1, -0.05) is 150 Å². The maximum Gasteiger partial charge on any atom is 0.472 e. The van der Waals surface area contributed by atoms with Crippen LogP contribution in [0.2, 0.25) is 0 Å². The quantitative estimate of drug-likeness (QED) is 0.0149. The fourth-order valence-corrected chi connectivity index (χ4v) is 7.46. The van der Waals surface area contributed by atoms with Crippen molar-refractivity contribution in [1.82, 2.24) is 0 Å². The zero-order chi connectivity index (χ0) is 46.4. The highest BCUT2D eigenvalue weighted by atomic mass is 31.2. The summed E-state index contributed by atoms with van der Waals surface area (Å²) in [6.45, 7) is 3.10. The van der Waals surface area contributed by atoms with Crippen LogP contribution in [0.25, 0.3) is 0 Å². The molecule has 6 N–H and O–H groups in total. The summed E-state index contributed by atoms with van der Waals surface area (Å²) in [5.74, 6) is -1.21. The first-order valence-electron chi connectivity index (χ1n) is 23.4. The van der Waals surface area contributed by atoms with E-state index < -0.39 is 75.7 Å². The molecule has 0 aliphatic heterocycles. The highest BCUT2D eigenvalue weighted by molar-refractivity contribution is 7.47. The Hall–Kier alpha value is -2.97. The number of rotatable bonds is 37. The van der Waals surface area contributed by atoms with E-state index in [0.29, 0.717) is 19.3 Å². The smallest absolute Gasteiger partial charge is 0.462 e. The van der Waals surface area contributed by atoms with Gasteiger partial charge in [-0.25, -0.2) is 4.57 Å². The van der Waals surface area contributed by atoms with E-state index in [-0.39, 0.29) is 12.8 Å². The molecule has 0 amide bonds. The molecule has 0 bridgehead atoms. The largest absolute Gasteiger partial charge is 0.472 e. The lowest BCUT2D eigenvalue weighted by Crippen LogP contribution is -2.64. The van der Waals surface area contributed by atoms with Gasteiger partial charge in [0.2, 0.25) is 0 Å². The molecule has 1 fully saturated rings. The van der Waals surface area contributed by atoms with Crippen LogP contribution in [0.4, 0.5) is 0 Å². The summed E-state index contributed by atoms with van der Waals surface area (Å²) in [7, 11) is -5.15. The van der Waals surface area contributed by atoms with Gasteiger partial charge in [0.05, 0.1) is 6.61 Å². The highest BCUT2D eigenvalue weighted by Gasteiger charge is 2.51. The molecular formula is C49H81O13P. The Kier molecular flexibility index (Phi) is 35.3. The van der Waals surface area contributed by atoms with Crippen LogP contribution in [-0.4, -0.2) is 98.3 Å². The van der Waals surface area contributed by atoms with Crippen molar-refractivity contribution in [3.8, 4) is 0 Å². The van der Waals surface area contributed by atoms with Crippen molar-refractivity contribution in [1.29, 1.82) is 0 Å². The van der Waals surface area contributed by atoms with Crippen molar-refractivity contribution in [2.75, 3.05) is 13.2 Å². The number of allylic oxidation sites excluding steroid dienone is 14. The van der Waals surface area contributed by atoms with Crippen LogP contribution in [0.15, 0.2) is 85.1 Å². The number of aliphatic hydroxyl groups is 5. The standard InChI is InChI=1S/C49H81O13P/c1-3-5-7-9-11-13-15-17-19-20-21-22-24-26-28-30-32-34-36-38-43(51)61-41(40-60-63(57,58)62-49-47(55)45(53)44(52)46(54)48(49)56)39-59-42(50)37-35-33-31-29-27-25-23-18-16-14-12-10-8-6-4-2/h5,7,11,13,17-19,21-23,26,28,32,34,41,44-49,52-56H,3-4,6,8-10,12,14-16,20,24-25,27,29-31,33,35-40H2,1-2H3,(H,57,58)/b7-5-,13-11-,19-17-,22-21-,23-18-,28-26-,34-32-. The number of aliphatic hydroxyl groups excluding tert-OH is 5. The second-order valence-electron chi connectivity index (χ2n) is 15.9. The number of ether oxygens (including phenoxy) is 2. The number of carbonyl (C=O) groups excluding carboxylic acids is 2. The second-order valence-corrected chi connectivity index (χ2v) is 17.3. The average Bonchev–Trinajstić information content (AvgIpc) is 3.26. The predicted octanol–water partition coefficient (Wildman–Crippen LogP) is 9.28. The van der Waals surface area contributed by atoms with Gasteiger partial charge in [0, 0.05) is 12.8 Å². The van der Waals surface area contributed by atoms with Gasteiger partial charge in [0.1, 0.15) is 43.2 Å². The molecule has 0 aromatic carbocycles. The van der Waals surface area contributed by atoms with Crippen LogP contribution in [0.3, 0.4) is 0 Å². The molecule has 14 heteroatoms. The minimum Gasteiger partial charge on any atom is -0.462 e. The van der Waals surface area contributed by atoms with Gasteiger partial charge in [-0.3, -0.25) is 18.6 Å². The lowest BCUT2D eigenvalue weighted by molar-refractivity contribution is -0.220. The molecule has 360 valence electrons. The molecule has 63 heavy (non-hydrogen) atoms. The van der Waals surface area contributed by atoms with Crippen molar-refractivity contribution in [2.24, 2.45) is 0 Å². The summed E-state index contributed by atoms with van der Waals surface area (Å²) >= 11 is 0. The SMILES string of the molecule is CC/C=C\C/C=C\C/C=C\C/C=C\C/C=C\C/C=C\CCC(=O)OC(COC(=O)CCCCCCC/C=C\CCCCCCCC)COP(=O)(O)OC1C(O)C(O)C(O)C(O)C1O.